The summed E-state index contributed by atoms with van der Waals surface area (Å²) in [6, 6.07) is 20.8. The average molecular weight is 247 g/mol. The van der Waals surface area contributed by atoms with Gasteiger partial charge in [-0.25, -0.2) is 0 Å². The highest BCUT2D eigenvalue weighted by molar-refractivity contribution is 5.98. The number of benzene rings is 3. The molecule has 0 saturated carbocycles. The van der Waals surface area contributed by atoms with Crippen LogP contribution in [0.1, 0.15) is 24.5 Å². The van der Waals surface area contributed by atoms with Gasteiger partial charge in [0.1, 0.15) is 0 Å². The first-order valence-corrected chi connectivity index (χ1v) is 6.86. The number of hydrogen-bond donors (Lipinski definition) is 0. The van der Waals surface area contributed by atoms with Crippen molar-refractivity contribution in [1.82, 2.24) is 0 Å². The van der Waals surface area contributed by atoms with Crippen molar-refractivity contribution in [2.24, 2.45) is 0 Å². The third-order valence-electron chi connectivity index (χ3n) is 3.92. The Kier molecular flexibility index (Phi) is 2.52. The highest BCUT2D eigenvalue weighted by Gasteiger charge is 2.17. The quantitative estimate of drug-likeness (QED) is 0.569. The van der Waals surface area contributed by atoms with Gasteiger partial charge in [-0.3, -0.25) is 0 Å². The molecule has 3 aromatic carbocycles. The van der Waals surface area contributed by atoms with E-state index in [1.807, 2.05) is 0 Å². The Morgan fingerprint density at radius 2 is 1.79 bits per heavy atom. The minimum absolute atomic E-state index is 0.246. The summed E-state index contributed by atoms with van der Waals surface area (Å²) in [5.41, 5.74) is 1.19. The second kappa shape index (κ2) is 4.36. The fraction of sp³-hybridized carbons (Fsp3) is 0.222. The Bertz CT molecular complexity index is 739. The molecule has 19 heavy (non-hydrogen) atoms. The summed E-state index contributed by atoms with van der Waals surface area (Å²) in [6.45, 7) is 0.883. The molecule has 1 saturated heterocycles. The van der Waals surface area contributed by atoms with Crippen molar-refractivity contribution in [3.63, 3.8) is 0 Å². The fourth-order valence-electron chi connectivity index (χ4n) is 2.89. The molecular formula is C18H15O. The molecule has 0 amide bonds. The van der Waals surface area contributed by atoms with Gasteiger partial charge in [0.2, 0.25) is 0 Å². The van der Waals surface area contributed by atoms with Gasteiger partial charge in [-0.1, -0.05) is 36.4 Å². The van der Waals surface area contributed by atoms with E-state index >= 15 is 0 Å². The standard InChI is InChI=1S/C18H15O/c1-2-5-14-11-17-12-16(18-6-3-9-19-18)8-7-15(17)10-13(14)4-1/h1-2,4-5,7-8,10-11,18H,3,6,9H2. The summed E-state index contributed by atoms with van der Waals surface area (Å²) in [5, 5.41) is 5.00. The summed E-state index contributed by atoms with van der Waals surface area (Å²) in [5.74, 6) is 0. The van der Waals surface area contributed by atoms with Gasteiger partial charge < -0.3 is 4.74 Å². The Morgan fingerprint density at radius 1 is 0.947 bits per heavy atom. The van der Waals surface area contributed by atoms with Crippen LogP contribution in [0.25, 0.3) is 21.5 Å². The molecule has 93 valence electrons. The first kappa shape index (κ1) is 11.0. The van der Waals surface area contributed by atoms with Gasteiger partial charge in [0.05, 0.1) is 6.10 Å². The number of fused-ring (bicyclic) bond motifs is 2. The van der Waals surface area contributed by atoms with Crippen molar-refractivity contribution in [3.05, 3.63) is 60.2 Å². The Hall–Kier alpha value is -1.86. The van der Waals surface area contributed by atoms with Gasteiger partial charge in [0, 0.05) is 6.61 Å². The molecular weight excluding hydrogens is 232 g/mol. The summed E-state index contributed by atoms with van der Waals surface area (Å²) in [4.78, 5) is 0. The zero-order valence-corrected chi connectivity index (χ0v) is 10.7. The Morgan fingerprint density at radius 3 is 2.58 bits per heavy atom. The lowest BCUT2D eigenvalue weighted by Gasteiger charge is -2.10. The first-order chi connectivity index (χ1) is 9.40. The lowest BCUT2D eigenvalue weighted by atomic mass is 9.99. The molecule has 1 heterocycles. The predicted molar refractivity (Wildman–Crippen MR) is 78.2 cm³/mol. The van der Waals surface area contributed by atoms with Gasteiger partial charge in [-0.05, 0) is 58.1 Å². The monoisotopic (exact) mass is 247 g/mol. The molecule has 1 radical (unpaired) electrons. The summed E-state index contributed by atoms with van der Waals surface area (Å²) in [6.07, 6.45) is 2.53. The van der Waals surface area contributed by atoms with Gasteiger partial charge in [-0.15, -0.1) is 0 Å². The van der Waals surface area contributed by atoms with Crippen LogP contribution in [0.5, 0.6) is 0 Å². The third-order valence-corrected chi connectivity index (χ3v) is 3.92. The van der Waals surface area contributed by atoms with Crippen LogP contribution in [-0.4, -0.2) is 6.61 Å². The second-order valence-electron chi connectivity index (χ2n) is 5.20. The summed E-state index contributed by atoms with van der Waals surface area (Å²) < 4.78 is 5.74. The molecule has 0 bridgehead atoms. The summed E-state index contributed by atoms with van der Waals surface area (Å²) >= 11 is 0. The lowest BCUT2D eigenvalue weighted by molar-refractivity contribution is 0.112. The molecule has 1 aliphatic heterocycles. The van der Waals surface area contributed by atoms with Crippen LogP contribution < -0.4 is 0 Å². The predicted octanol–water partition coefficient (Wildman–Crippen LogP) is 4.64. The zero-order valence-electron chi connectivity index (χ0n) is 10.7. The maximum Gasteiger partial charge on any atom is 0.0832 e. The highest BCUT2D eigenvalue weighted by Crippen LogP contribution is 2.31. The lowest BCUT2D eigenvalue weighted by Crippen LogP contribution is -1.95. The molecule has 1 atom stereocenters. The molecule has 1 aliphatic rings. The van der Waals surface area contributed by atoms with E-state index in [2.05, 4.69) is 54.6 Å². The van der Waals surface area contributed by atoms with Crippen molar-refractivity contribution >= 4 is 21.5 Å². The number of rotatable bonds is 1. The van der Waals surface area contributed by atoms with Crippen molar-refractivity contribution < 1.29 is 4.74 Å². The molecule has 1 heteroatoms. The first-order valence-electron chi connectivity index (χ1n) is 6.86. The van der Waals surface area contributed by atoms with Crippen LogP contribution in [0.15, 0.2) is 48.5 Å². The largest absolute Gasteiger partial charge is 0.374 e. The van der Waals surface area contributed by atoms with E-state index in [0.29, 0.717) is 0 Å². The van der Waals surface area contributed by atoms with Gasteiger partial charge in [0.25, 0.3) is 0 Å². The number of ether oxygens (including phenoxy) is 1. The van der Waals surface area contributed by atoms with Crippen LogP contribution in [-0.2, 0) is 4.74 Å². The zero-order chi connectivity index (χ0) is 12.7. The van der Waals surface area contributed by atoms with Crippen LogP contribution in [0.3, 0.4) is 0 Å². The van der Waals surface area contributed by atoms with E-state index in [4.69, 9.17) is 4.74 Å². The molecule has 0 N–H and O–H groups in total. The molecule has 1 fully saturated rings. The van der Waals surface area contributed by atoms with Crippen LogP contribution >= 0.6 is 0 Å². The summed E-state index contributed by atoms with van der Waals surface area (Å²) in [7, 11) is 0. The maximum atomic E-state index is 5.74. The van der Waals surface area contributed by atoms with Gasteiger partial charge in [0.15, 0.2) is 0 Å². The Balaban J connectivity index is 1.89. The Labute approximate surface area is 112 Å². The molecule has 0 spiro atoms. The van der Waals surface area contributed by atoms with Gasteiger partial charge >= 0.3 is 0 Å². The minimum Gasteiger partial charge on any atom is -0.374 e. The topological polar surface area (TPSA) is 9.23 Å². The average Bonchev–Trinajstić information content (AvgIpc) is 2.98. The van der Waals surface area contributed by atoms with E-state index in [0.717, 1.165) is 19.4 Å². The van der Waals surface area contributed by atoms with Crippen LogP contribution in [0, 0.1) is 6.07 Å². The second-order valence-corrected chi connectivity index (χ2v) is 5.20. The van der Waals surface area contributed by atoms with E-state index in [-0.39, 0.29) is 6.10 Å². The van der Waals surface area contributed by atoms with E-state index in [1.54, 1.807) is 0 Å². The molecule has 3 aromatic rings. The fourth-order valence-corrected chi connectivity index (χ4v) is 2.89. The van der Waals surface area contributed by atoms with Crippen molar-refractivity contribution in [3.8, 4) is 0 Å². The molecule has 1 unspecified atom stereocenters. The SMILES string of the molecule is [c]1c(C2CCCO2)ccc2cc3ccccc3cc12. The van der Waals surface area contributed by atoms with E-state index < -0.39 is 0 Å². The molecule has 0 aliphatic carbocycles. The minimum atomic E-state index is 0.246. The molecule has 1 nitrogen and oxygen atoms in total. The molecule has 0 aromatic heterocycles. The van der Waals surface area contributed by atoms with Crippen molar-refractivity contribution in [1.29, 1.82) is 0 Å². The molecule has 4 rings (SSSR count). The van der Waals surface area contributed by atoms with Crippen molar-refractivity contribution in [2.75, 3.05) is 6.61 Å². The van der Waals surface area contributed by atoms with Crippen molar-refractivity contribution in [2.45, 2.75) is 18.9 Å². The van der Waals surface area contributed by atoms with E-state index in [9.17, 15) is 0 Å². The smallest absolute Gasteiger partial charge is 0.0832 e. The highest BCUT2D eigenvalue weighted by atomic mass is 16.5. The van der Waals surface area contributed by atoms with Gasteiger partial charge in [-0.2, -0.15) is 0 Å². The third kappa shape index (κ3) is 1.91. The number of hydrogen-bond acceptors (Lipinski definition) is 1. The maximum absolute atomic E-state index is 5.74. The van der Waals surface area contributed by atoms with E-state index in [1.165, 1.54) is 27.1 Å². The van der Waals surface area contributed by atoms with Crippen LogP contribution in [0.4, 0.5) is 0 Å². The normalized spacial score (nSPS) is 19.3. The van der Waals surface area contributed by atoms with Crippen LogP contribution in [0.2, 0.25) is 0 Å².